The number of nitrogens with zero attached hydrogens (tertiary/aromatic N) is 4. The summed E-state index contributed by atoms with van der Waals surface area (Å²) in [6.07, 6.45) is -1.16. The van der Waals surface area contributed by atoms with Gasteiger partial charge in [-0.25, -0.2) is 9.97 Å². The van der Waals surface area contributed by atoms with Crippen molar-refractivity contribution in [1.82, 2.24) is 19.4 Å². The average Bonchev–Trinajstić information content (AvgIpc) is 3.16. The Bertz CT molecular complexity index is 1300. The fraction of sp³-hybridized carbons (Fsp3) is 0.167. The number of anilines is 1. The maximum atomic E-state index is 13.0. The van der Waals surface area contributed by atoms with E-state index in [0.29, 0.717) is 29.7 Å². The molecule has 2 heterocycles. The van der Waals surface area contributed by atoms with Crippen molar-refractivity contribution in [3.63, 3.8) is 0 Å². The second-order valence-corrected chi connectivity index (χ2v) is 7.74. The molecule has 0 atom stereocenters. The Morgan fingerprint density at radius 2 is 1.91 bits per heavy atom. The second kappa shape index (κ2) is 8.95. The third-order valence-corrected chi connectivity index (χ3v) is 4.83. The lowest BCUT2D eigenvalue weighted by Crippen LogP contribution is -2.12. The van der Waals surface area contributed by atoms with Crippen LogP contribution >= 0.6 is 0 Å². The van der Waals surface area contributed by atoms with Crippen LogP contribution in [0.25, 0.3) is 16.7 Å². The quantitative estimate of drug-likeness (QED) is 0.381. The van der Waals surface area contributed by atoms with Gasteiger partial charge in [0.05, 0.1) is 16.8 Å². The van der Waals surface area contributed by atoms with Crippen molar-refractivity contribution in [3.05, 3.63) is 85.0 Å². The van der Waals surface area contributed by atoms with Crippen LogP contribution in [0.2, 0.25) is 0 Å². The second-order valence-electron chi connectivity index (χ2n) is 7.74. The Morgan fingerprint density at radius 3 is 2.67 bits per heavy atom. The number of fused-ring (bicyclic) bond motifs is 1. The minimum Gasteiger partial charge on any atom is -0.439 e. The van der Waals surface area contributed by atoms with Crippen LogP contribution in [0.1, 0.15) is 11.3 Å². The van der Waals surface area contributed by atoms with E-state index >= 15 is 0 Å². The maximum Gasteiger partial charge on any atom is 0.416 e. The molecule has 2 aromatic carbocycles. The fourth-order valence-corrected chi connectivity index (χ4v) is 3.38. The molecule has 0 aliphatic carbocycles. The summed E-state index contributed by atoms with van der Waals surface area (Å²) in [5.41, 5.74) is 1.24. The van der Waals surface area contributed by atoms with Gasteiger partial charge in [0.2, 0.25) is 5.88 Å². The van der Waals surface area contributed by atoms with E-state index in [0.717, 1.165) is 28.7 Å². The minimum atomic E-state index is -4.41. The lowest BCUT2D eigenvalue weighted by molar-refractivity contribution is -0.137. The third kappa shape index (κ3) is 5.32. The van der Waals surface area contributed by atoms with E-state index < -0.39 is 11.7 Å². The van der Waals surface area contributed by atoms with Gasteiger partial charge in [0.15, 0.2) is 0 Å². The van der Waals surface area contributed by atoms with Crippen molar-refractivity contribution in [1.29, 1.82) is 0 Å². The van der Waals surface area contributed by atoms with Crippen molar-refractivity contribution in [2.24, 2.45) is 0 Å². The number of hydrogen-bond donors (Lipinski definition) is 1. The summed E-state index contributed by atoms with van der Waals surface area (Å²) < 4.78 is 46.6. The van der Waals surface area contributed by atoms with Crippen molar-refractivity contribution in [3.8, 4) is 11.6 Å². The lowest BCUT2D eigenvalue weighted by atomic mass is 10.2. The lowest BCUT2D eigenvalue weighted by Gasteiger charge is -2.14. The molecule has 9 heteroatoms. The smallest absolute Gasteiger partial charge is 0.416 e. The largest absolute Gasteiger partial charge is 0.439 e. The van der Waals surface area contributed by atoms with Gasteiger partial charge in [0, 0.05) is 29.9 Å². The molecule has 0 radical (unpaired) electrons. The summed E-state index contributed by atoms with van der Waals surface area (Å²) in [6.45, 7) is 4.64. The Kier molecular flexibility index (Phi) is 6.06. The molecule has 0 unspecified atom stereocenters. The van der Waals surface area contributed by atoms with Crippen molar-refractivity contribution < 1.29 is 17.9 Å². The summed E-state index contributed by atoms with van der Waals surface area (Å²) in [5, 5.41) is 3.82. The van der Waals surface area contributed by atoms with Gasteiger partial charge in [0.1, 0.15) is 17.9 Å². The van der Waals surface area contributed by atoms with Gasteiger partial charge in [-0.3, -0.25) is 0 Å². The van der Waals surface area contributed by atoms with E-state index in [4.69, 9.17) is 4.74 Å². The van der Waals surface area contributed by atoms with Crippen LogP contribution < -0.4 is 10.1 Å². The molecule has 0 fully saturated rings. The molecule has 0 amide bonds. The molecular formula is C24H22F3N5O. The number of rotatable bonds is 7. The molecule has 0 aliphatic rings. The average molecular weight is 453 g/mol. The zero-order valence-electron chi connectivity index (χ0n) is 18.1. The first-order chi connectivity index (χ1) is 15.7. The summed E-state index contributed by atoms with van der Waals surface area (Å²) in [7, 11) is 3.91. The molecule has 33 heavy (non-hydrogen) atoms. The number of aromatic nitrogens is 3. The number of benzene rings is 2. The van der Waals surface area contributed by atoms with E-state index in [1.54, 1.807) is 29.0 Å². The SMILES string of the molecule is C=C(Nc1cccc(C(F)(F)F)c1)n1ccc2cc(Oc3cc(CN(C)C)ncn3)ccc21. The summed E-state index contributed by atoms with van der Waals surface area (Å²) in [6, 6.07) is 14.2. The molecule has 0 saturated carbocycles. The predicted molar refractivity (Wildman–Crippen MR) is 122 cm³/mol. The molecular weight excluding hydrogens is 431 g/mol. The van der Waals surface area contributed by atoms with Crippen LogP contribution in [0.5, 0.6) is 11.6 Å². The normalized spacial score (nSPS) is 11.7. The maximum absolute atomic E-state index is 13.0. The Balaban J connectivity index is 1.52. The van der Waals surface area contributed by atoms with Gasteiger partial charge in [0.25, 0.3) is 0 Å². The Labute approximate surface area is 189 Å². The minimum absolute atomic E-state index is 0.300. The number of ether oxygens (including phenoxy) is 1. The van der Waals surface area contributed by atoms with Gasteiger partial charge in [-0.05, 0) is 56.6 Å². The predicted octanol–water partition coefficient (Wildman–Crippen LogP) is 5.84. The summed E-state index contributed by atoms with van der Waals surface area (Å²) in [4.78, 5) is 10.4. The van der Waals surface area contributed by atoms with Gasteiger partial charge in [-0.2, -0.15) is 13.2 Å². The highest BCUT2D eigenvalue weighted by atomic mass is 19.4. The molecule has 0 saturated heterocycles. The zero-order chi connectivity index (χ0) is 23.6. The molecule has 0 bridgehead atoms. The van der Waals surface area contributed by atoms with Crippen LogP contribution in [0.4, 0.5) is 18.9 Å². The number of alkyl halides is 3. The molecule has 0 aliphatic heterocycles. The molecule has 170 valence electrons. The van der Waals surface area contributed by atoms with E-state index in [-0.39, 0.29) is 0 Å². The van der Waals surface area contributed by atoms with Gasteiger partial charge in [-0.15, -0.1) is 0 Å². The van der Waals surface area contributed by atoms with E-state index in [1.807, 2.05) is 37.2 Å². The summed E-state index contributed by atoms with van der Waals surface area (Å²) >= 11 is 0. The van der Waals surface area contributed by atoms with Crippen LogP contribution in [-0.4, -0.2) is 33.5 Å². The van der Waals surface area contributed by atoms with Gasteiger partial charge >= 0.3 is 6.18 Å². The highest BCUT2D eigenvalue weighted by molar-refractivity contribution is 5.86. The highest BCUT2D eigenvalue weighted by Gasteiger charge is 2.30. The van der Waals surface area contributed by atoms with Crippen LogP contribution in [0.15, 0.2) is 73.7 Å². The van der Waals surface area contributed by atoms with Crippen molar-refractivity contribution in [2.45, 2.75) is 12.7 Å². The number of hydrogen-bond acceptors (Lipinski definition) is 5. The van der Waals surface area contributed by atoms with E-state index in [1.165, 1.54) is 12.4 Å². The number of halogens is 3. The Morgan fingerprint density at radius 1 is 1.09 bits per heavy atom. The molecule has 2 aromatic heterocycles. The molecule has 4 rings (SSSR count). The molecule has 1 N–H and O–H groups in total. The molecule has 6 nitrogen and oxygen atoms in total. The molecule has 4 aromatic rings. The van der Waals surface area contributed by atoms with Crippen LogP contribution in [0.3, 0.4) is 0 Å². The number of nitrogens with one attached hydrogen (secondary N) is 1. The van der Waals surface area contributed by atoms with Crippen LogP contribution in [0, 0.1) is 0 Å². The fourth-order valence-electron chi connectivity index (χ4n) is 3.38. The van der Waals surface area contributed by atoms with Crippen molar-refractivity contribution >= 4 is 22.4 Å². The van der Waals surface area contributed by atoms with Crippen molar-refractivity contribution in [2.75, 3.05) is 19.4 Å². The highest BCUT2D eigenvalue weighted by Crippen LogP contribution is 2.32. The first kappa shape index (κ1) is 22.3. The molecule has 0 spiro atoms. The first-order valence-electron chi connectivity index (χ1n) is 10.1. The van der Waals surface area contributed by atoms with E-state index in [2.05, 4.69) is 21.9 Å². The third-order valence-electron chi connectivity index (χ3n) is 4.83. The monoisotopic (exact) mass is 453 g/mol. The first-order valence-corrected chi connectivity index (χ1v) is 10.1. The zero-order valence-corrected chi connectivity index (χ0v) is 18.1. The van der Waals surface area contributed by atoms with Gasteiger partial charge in [-0.1, -0.05) is 12.6 Å². The van der Waals surface area contributed by atoms with Crippen LogP contribution in [-0.2, 0) is 12.7 Å². The topological polar surface area (TPSA) is 55.2 Å². The standard InChI is InChI=1S/C24H22F3N5O/c1-16(30-19-6-4-5-18(12-19)24(25,26)27)32-10-9-17-11-21(7-8-22(17)32)33-23-13-20(14-31(2)3)28-15-29-23/h4-13,15,30H,1,14H2,2-3H3. The van der Waals surface area contributed by atoms with Gasteiger partial charge < -0.3 is 19.5 Å². The summed E-state index contributed by atoms with van der Waals surface area (Å²) in [5.74, 6) is 1.46. The Hall–Kier alpha value is -3.85. The van der Waals surface area contributed by atoms with E-state index in [9.17, 15) is 13.2 Å².